The van der Waals surface area contributed by atoms with Crippen molar-refractivity contribution in [3.63, 3.8) is 0 Å². The average Bonchev–Trinajstić information content (AvgIpc) is 2.15. The smallest absolute Gasteiger partial charge is 0.339 e. The largest absolute Gasteiger partial charge is 0.478 e. The molecule has 0 amide bonds. The van der Waals surface area contributed by atoms with Gasteiger partial charge in [-0.3, -0.25) is 4.79 Å². The average molecular weight is 176 g/mol. The Balaban J connectivity index is 2.98. The van der Waals surface area contributed by atoms with Gasteiger partial charge >= 0.3 is 5.97 Å². The maximum absolute atomic E-state index is 10.4. The van der Waals surface area contributed by atoms with Gasteiger partial charge in [-0.05, 0) is 11.6 Å². The zero-order valence-corrected chi connectivity index (χ0v) is 6.81. The first-order chi connectivity index (χ1) is 6.24. The van der Waals surface area contributed by atoms with E-state index in [4.69, 9.17) is 5.11 Å². The van der Waals surface area contributed by atoms with Gasteiger partial charge < -0.3 is 5.11 Å². The number of carboxylic acid groups (broad SMARTS) is 1. The molecule has 0 saturated heterocycles. The minimum Gasteiger partial charge on any atom is -0.478 e. The molecule has 0 aliphatic rings. The molecule has 0 heterocycles. The number of benzene rings is 1. The molecule has 13 heavy (non-hydrogen) atoms. The molecule has 0 saturated carbocycles. The van der Waals surface area contributed by atoms with E-state index in [0.717, 1.165) is 0 Å². The highest BCUT2D eigenvalue weighted by Crippen LogP contribution is 2.04. The van der Waals surface area contributed by atoms with Gasteiger partial charge in [0.2, 0.25) is 0 Å². The second-order valence-electron chi connectivity index (χ2n) is 2.43. The predicted molar refractivity (Wildman–Crippen MR) is 48.1 cm³/mol. The van der Waals surface area contributed by atoms with Crippen molar-refractivity contribution in [1.82, 2.24) is 0 Å². The lowest BCUT2D eigenvalue weighted by Gasteiger charge is -1.92. The van der Waals surface area contributed by atoms with Gasteiger partial charge in [-0.25, -0.2) is 4.79 Å². The summed E-state index contributed by atoms with van der Waals surface area (Å²) in [5, 5.41) is 8.54. The van der Waals surface area contributed by atoms with Gasteiger partial charge in [-0.1, -0.05) is 30.3 Å². The van der Waals surface area contributed by atoms with E-state index in [1.165, 1.54) is 6.08 Å². The monoisotopic (exact) mass is 176 g/mol. The third-order valence-electron chi connectivity index (χ3n) is 1.50. The number of carbonyl (C=O) groups excluding carboxylic acids is 1. The van der Waals surface area contributed by atoms with Crippen molar-refractivity contribution in [2.75, 3.05) is 0 Å². The summed E-state index contributed by atoms with van der Waals surface area (Å²) < 4.78 is 0. The zero-order chi connectivity index (χ0) is 9.68. The molecule has 66 valence electrons. The van der Waals surface area contributed by atoms with Gasteiger partial charge in [-0.15, -0.1) is 0 Å². The minimum absolute atomic E-state index is 0.244. The quantitative estimate of drug-likeness (QED) is 0.327. The molecular formula is C10H8O3. The van der Waals surface area contributed by atoms with Crippen molar-refractivity contribution in [2.24, 2.45) is 0 Å². The fourth-order valence-electron chi connectivity index (χ4n) is 0.875. The fourth-order valence-corrected chi connectivity index (χ4v) is 0.875. The maximum atomic E-state index is 10.4. The van der Waals surface area contributed by atoms with E-state index < -0.39 is 5.97 Å². The number of rotatable bonds is 3. The van der Waals surface area contributed by atoms with Crippen LogP contribution in [0.15, 0.2) is 35.9 Å². The second kappa shape index (κ2) is 4.21. The van der Waals surface area contributed by atoms with Crippen LogP contribution < -0.4 is 0 Å². The number of carbonyl (C=O) groups is 2. The van der Waals surface area contributed by atoms with Crippen LogP contribution in [-0.2, 0) is 9.59 Å². The first kappa shape index (κ1) is 9.19. The summed E-state index contributed by atoms with van der Waals surface area (Å²) in [4.78, 5) is 20.7. The third-order valence-corrected chi connectivity index (χ3v) is 1.50. The summed E-state index contributed by atoms with van der Waals surface area (Å²) in [5.74, 6) is -1.21. The van der Waals surface area contributed by atoms with E-state index in [2.05, 4.69) is 0 Å². The molecule has 0 spiro atoms. The van der Waals surface area contributed by atoms with E-state index in [1.807, 2.05) is 6.07 Å². The predicted octanol–water partition coefficient (Wildman–Crippen LogP) is 1.35. The van der Waals surface area contributed by atoms with Crippen LogP contribution in [0.3, 0.4) is 0 Å². The van der Waals surface area contributed by atoms with Crippen LogP contribution in [0.5, 0.6) is 0 Å². The van der Waals surface area contributed by atoms with Crippen LogP contribution in [0, 0.1) is 0 Å². The molecule has 3 heteroatoms. The highest BCUT2D eigenvalue weighted by atomic mass is 16.4. The molecule has 0 aliphatic carbocycles. The standard InChI is InChI=1S/C10H8O3/c11-7-9(10(12)13)6-8-4-2-1-3-5-8/h1-7H,(H,12,13)/b9-6+. The highest BCUT2D eigenvalue weighted by Gasteiger charge is 2.04. The lowest BCUT2D eigenvalue weighted by Crippen LogP contribution is -2.00. The SMILES string of the molecule is O=C/C(=C\c1ccccc1)C(=O)O. The van der Waals surface area contributed by atoms with Gasteiger partial charge in [0.25, 0.3) is 0 Å². The number of aldehydes is 1. The minimum atomic E-state index is -1.21. The molecule has 0 fully saturated rings. The Morgan fingerprint density at radius 3 is 2.31 bits per heavy atom. The first-order valence-electron chi connectivity index (χ1n) is 3.69. The molecule has 0 atom stereocenters. The Morgan fingerprint density at radius 2 is 1.85 bits per heavy atom. The van der Waals surface area contributed by atoms with E-state index >= 15 is 0 Å². The van der Waals surface area contributed by atoms with Crippen molar-refractivity contribution < 1.29 is 14.7 Å². The van der Waals surface area contributed by atoms with Gasteiger partial charge in [0.05, 0.1) is 5.57 Å². The summed E-state index contributed by atoms with van der Waals surface area (Å²) in [5.41, 5.74) is 0.457. The summed E-state index contributed by atoms with van der Waals surface area (Å²) in [6.45, 7) is 0. The van der Waals surface area contributed by atoms with Crippen molar-refractivity contribution in [3.8, 4) is 0 Å². The number of aliphatic carboxylic acids is 1. The maximum Gasteiger partial charge on any atom is 0.339 e. The topological polar surface area (TPSA) is 54.4 Å². The molecule has 0 unspecified atom stereocenters. The first-order valence-corrected chi connectivity index (χ1v) is 3.69. The molecule has 0 radical (unpaired) electrons. The van der Waals surface area contributed by atoms with Gasteiger partial charge in [0.15, 0.2) is 6.29 Å². The van der Waals surface area contributed by atoms with E-state index in [-0.39, 0.29) is 5.57 Å². The summed E-state index contributed by atoms with van der Waals surface area (Å²) in [6.07, 6.45) is 1.66. The molecule has 0 aliphatic heterocycles. The van der Waals surface area contributed by atoms with Crippen LogP contribution in [0.1, 0.15) is 5.56 Å². The molecule has 1 aromatic rings. The summed E-state index contributed by atoms with van der Waals surface area (Å²) >= 11 is 0. The van der Waals surface area contributed by atoms with Crippen molar-refractivity contribution in [1.29, 1.82) is 0 Å². The van der Waals surface area contributed by atoms with Crippen molar-refractivity contribution in [2.45, 2.75) is 0 Å². The van der Waals surface area contributed by atoms with Crippen molar-refractivity contribution in [3.05, 3.63) is 41.5 Å². The Kier molecular flexibility index (Phi) is 2.97. The van der Waals surface area contributed by atoms with Crippen LogP contribution in [0.25, 0.3) is 6.08 Å². The number of hydrogen-bond donors (Lipinski definition) is 1. The van der Waals surface area contributed by atoms with Crippen LogP contribution in [-0.4, -0.2) is 17.4 Å². The molecule has 1 N–H and O–H groups in total. The van der Waals surface area contributed by atoms with Crippen LogP contribution >= 0.6 is 0 Å². The third kappa shape index (κ3) is 2.56. The molecule has 0 aromatic heterocycles. The fraction of sp³-hybridized carbons (Fsp3) is 0. The lowest BCUT2D eigenvalue weighted by molar-refractivity contribution is -0.133. The molecule has 0 bridgehead atoms. The van der Waals surface area contributed by atoms with Gasteiger partial charge in [-0.2, -0.15) is 0 Å². The van der Waals surface area contributed by atoms with Crippen LogP contribution in [0.4, 0.5) is 0 Å². The van der Waals surface area contributed by atoms with Gasteiger partial charge in [0.1, 0.15) is 0 Å². The summed E-state index contributed by atoms with van der Waals surface area (Å²) in [7, 11) is 0. The van der Waals surface area contributed by atoms with Gasteiger partial charge in [0, 0.05) is 0 Å². The second-order valence-corrected chi connectivity index (χ2v) is 2.43. The van der Waals surface area contributed by atoms with E-state index in [9.17, 15) is 9.59 Å². The Labute approximate surface area is 75.3 Å². The Hall–Kier alpha value is -1.90. The molecule has 1 rings (SSSR count). The van der Waals surface area contributed by atoms with E-state index in [1.54, 1.807) is 24.3 Å². The van der Waals surface area contributed by atoms with Crippen molar-refractivity contribution >= 4 is 18.3 Å². The summed E-state index contributed by atoms with van der Waals surface area (Å²) in [6, 6.07) is 8.82. The molecule has 3 nitrogen and oxygen atoms in total. The number of hydrogen-bond acceptors (Lipinski definition) is 2. The number of carboxylic acids is 1. The van der Waals surface area contributed by atoms with E-state index in [0.29, 0.717) is 11.8 Å². The molecule has 1 aromatic carbocycles. The Morgan fingerprint density at radius 1 is 1.23 bits per heavy atom. The normalized spacial score (nSPS) is 10.9. The lowest BCUT2D eigenvalue weighted by atomic mass is 10.1. The molecular weight excluding hydrogens is 168 g/mol. The van der Waals surface area contributed by atoms with Crippen LogP contribution in [0.2, 0.25) is 0 Å². The Bertz CT molecular complexity index is 338. The highest BCUT2D eigenvalue weighted by molar-refractivity contribution is 6.10. The zero-order valence-electron chi connectivity index (χ0n) is 6.81.